The SMILES string of the molecule is CN=C(NCCNC(=O)c1scnc1C)N(C)Cc1ccccc1Br.I. The Morgan fingerprint density at radius 1 is 1.31 bits per heavy atom. The molecule has 0 radical (unpaired) electrons. The molecule has 6 nitrogen and oxygen atoms in total. The molecule has 0 saturated carbocycles. The van der Waals surface area contributed by atoms with Gasteiger partial charge >= 0.3 is 0 Å². The van der Waals surface area contributed by atoms with Crippen molar-refractivity contribution >= 4 is 63.1 Å². The first kappa shape index (κ1) is 22.8. The summed E-state index contributed by atoms with van der Waals surface area (Å²) in [4.78, 5) is 23.1. The monoisotopic (exact) mass is 551 g/mol. The zero-order valence-corrected chi connectivity index (χ0v) is 19.7. The number of aromatic nitrogens is 1. The number of amides is 1. The molecule has 1 aromatic heterocycles. The molecule has 1 heterocycles. The number of aliphatic imine (C=N–C) groups is 1. The normalized spacial score (nSPS) is 10.8. The zero-order chi connectivity index (χ0) is 18.2. The third kappa shape index (κ3) is 6.51. The van der Waals surface area contributed by atoms with E-state index in [9.17, 15) is 4.79 Å². The Morgan fingerprint density at radius 3 is 2.62 bits per heavy atom. The minimum atomic E-state index is -0.0849. The van der Waals surface area contributed by atoms with Crippen LogP contribution in [-0.4, -0.2) is 48.9 Å². The summed E-state index contributed by atoms with van der Waals surface area (Å²) in [6, 6.07) is 8.11. The summed E-state index contributed by atoms with van der Waals surface area (Å²) in [5.74, 6) is 0.692. The van der Waals surface area contributed by atoms with Gasteiger partial charge in [-0.3, -0.25) is 9.79 Å². The van der Waals surface area contributed by atoms with E-state index in [1.165, 1.54) is 16.9 Å². The van der Waals surface area contributed by atoms with E-state index in [-0.39, 0.29) is 29.9 Å². The van der Waals surface area contributed by atoms with Crippen LogP contribution in [0, 0.1) is 6.92 Å². The van der Waals surface area contributed by atoms with Crippen LogP contribution in [-0.2, 0) is 6.54 Å². The van der Waals surface area contributed by atoms with Crippen molar-refractivity contribution in [2.45, 2.75) is 13.5 Å². The minimum absolute atomic E-state index is 0. The van der Waals surface area contributed by atoms with E-state index in [1.807, 2.05) is 37.1 Å². The number of rotatable bonds is 6. The van der Waals surface area contributed by atoms with Gasteiger partial charge in [-0.15, -0.1) is 35.3 Å². The van der Waals surface area contributed by atoms with Gasteiger partial charge in [0.15, 0.2) is 5.96 Å². The maximum atomic E-state index is 12.0. The fourth-order valence-corrected chi connectivity index (χ4v) is 3.42. The lowest BCUT2D eigenvalue weighted by Crippen LogP contribution is -2.42. The molecule has 26 heavy (non-hydrogen) atoms. The standard InChI is InChI=1S/C17H22BrN5OS.HI/c1-12-15(25-11-22-12)16(24)20-8-9-21-17(19-2)23(3)10-13-6-4-5-7-14(13)18;/h4-7,11H,8-10H2,1-3H3,(H,19,21)(H,20,24);1H. The van der Waals surface area contributed by atoms with E-state index in [2.05, 4.69) is 42.6 Å². The van der Waals surface area contributed by atoms with E-state index in [0.717, 1.165) is 22.7 Å². The number of hydrogen-bond acceptors (Lipinski definition) is 4. The molecule has 142 valence electrons. The average molecular weight is 552 g/mol. The van der Waals surface area contributed by atoms with Crippen molar-refractivity contribution in [1.82, 2.24) is 20.5 Å². The largest absolute Gasteiger partial charge is 0.354 e. The minimum Gasteiger partial charge on any atom is -0.354 e. The van der Waals surface area contributed by atoms with Gasteiger partial charge in [-0.05, 0) is 18.6 Å². The van der Waals surface area contributed by atoms with Crippen molar-refractivity contribution in [3.05, 3.63) is 50.4 Å². The van der Waals surface area contributed by atoms with E-state index >= 15 is 0 Å². The molecule has 2 aromatic rings. The highest BCUT2D eigenvalue weighted by molar-refractivity contribution is 14.0. The predicted molar refractivity (Wildman–Crippen MR) is 122 cm³/mol. The van der Waals surface area contributed by atoms with Crippen molar-refractivity contribution in [1.29, 1.82) is 0 Å². The molecule has 9 heteroatoms. The Kier molecular flexibility index (Phi) is 10.1. The Hall–Kier alpha value is -1.20. The number of nitrogens with one attached hydrogen (secondary N) is 2. The molecule has 2 rings (SSSR count). The van der Waals surface area contributed by atoms with Gasteiger partial charge in [-0.2, -0.15) is 0 Å². The van der Waals surface area contributed by atoms with Gasteiger partial charge in [0, 0.05) is 38.2 Å². The Balaban J connectivity index is 0.00000338. The number of guanidine groups is 1. The number of thiazole rings is 1. The smallest absolute Gasteiger partial charge is 0.263 e. The summed E-state index contributed by atoms with van der Waals surface area (Å²) in [6.45, 7) is 3.67. The van der Waals surface area contributed by atoms with Gasteiger partial charge in [-0.1, -0.05) is 34.1 Å². The van der Waals surface area contributed by atoms with Crippen LogP contribution in [0.4, 0.5) is 0 Å². The number of hydrogen-bond donors (Lipinski definition) is 2. The van der Waals surface area contributed by atoms with Crippen LogP contribution in [0.1, 0.15) is 20.9 Å². The first-order valence-corrected chi connectivity index (χ1v) is 9.53. The molecule has 0 spiro atoms. The molecule has 0 saturated heterocycles. The summed E-state index contributed by atoms with van der Waals surface area (Å²) < 4.78 is 1.07. The van der Waals surface area contributed by atoms with E-state index in [1.54, 1.807) is 12.6 Å². The molecule has 1 aromatic carbocycles. The second kappa shape index (κ2) is 11.5. The Labute approximate surface area is 183 Å². The van der Waals surface area contributed by atoms with Gasteiger partial charge in [0.1, 0.15) is 4.88 Å². The van der Waals surface area contributed by atoms with Crippen LogP contribution in [0.5, 0.6) is 0 Å². The van der Waals surface area contributed by atoms with Gasteiger partial charge in [0.2, 0.25) is 0 Å². The number of carbonyl (C=O) groups is 1. The van der Waals surface area contributed by atoms with E-state index in [4.69, 9.17) is 0 Å². The molecule has 2 N–H and O–H groups in total. The summed E-state index contributed by atoms with van der Waals surface area (Å²) in [5.41, 5.74) is 3.63. The van der Waals surface area contributed by atoms with Crippen molar-refractivity contribution < 1.29 is 4.79 Å². The first-order valence-electron chi connectivity index (χ1n) is 7.86. The second-order valence-electron chi connectivity index (χ2n) is 5.44. The van der Waals surface area contributed by atoms with E-state index in [0.29, 0.717) is 18.0 Å². The van der Waals surface area contributed by atoms with E-state index < -0.39 is 0 Å². The van der Waals surface area contributed by atoms with Crippen molar-refractivity contribution in [3.8, 4) is 0 Å². The van der Waals surface area contributed by atoms with Crippen LogP contribution >= 0.6 is 51.2 Å². The quantitative estimate of drug-likeness (QED) is 0.250. The fourth-order valence-electron chi connectivity index (χ4n) is 2.29. The number of nitrogens with zero attached hydrogens (tertiary/aromatic N) is 3. The van der Waals surface area contributed by atoms with Crippen LogP contribution in [0.25, 0.3) is 0 Å². The summed E-state index contributed by atoms with van der Waals surface area (Å²) >= 11 is 4.92. The van der Waals surface area contributed by atoms with Gasteiger partial charge in [-0.25, -0.2) is 4.98 Å². The molecule has 0 aliphatic carbocycles. The molecule has 0 atom stereocenters. The summed E-state index contributed by atoms with van der Waals surface area (Å²) in [5, 5.41) is 6.15. The lowest BCUT2D eigenvalue weighted by Gasteiger charge is -2.22. The molecular weight excluding hydrogens is 529 g/mol. The molecule has 0 aliphatic rings. The highest BCUT2D eigenvalue weighted by Gasteiger charge is 2.11. The highest BCUT2D eigenvalue weighted by Crippen LogP contribution is 2.17. The van der Waals surface area contributed by atoms with Crippen molar-refractivity contribution in [2.24, 2.45) is 4.99 Å². The van der Waals surface area contributed by atoms with Crippen LogP contribution in [0.3, 0.4) is 0 Å². The molecule has 1 amide bonds. The molecule has 0 bridgehead atoms. The maximum Gasteiger partial charge on any atom is 0.263 e. The fraction of sp³-hybridized carbons (Fsp3) is 0.353. The predicted octanol–water partition coefficient (Wildman–Crippen LogP) is 3.27. The zero-order valence-electron chi connectivity index (χ0n) is 15.0. The number of halogens is 2. The average Bonchev–Trinajstić information content (AvgIpc) is 3.03. The van der Waals surface area contributed by atoms with Crippen molar-refractivity contribution in [3.63, 3.8) is 0 Å². The maximum absolute atomic E-state index is 12.0. The van der Waals surface area contributed by atoms with Crippen LogP contribution in [0.2, 0.25) is 0 Å². The lowest BCUT2D eigenvalue weighted by molar-refractivity contribution is 0.0957. The van der Waals surface area contributed by atoms with Crippen LogP contribution < -0.4 is 10.6 Å². The Morgan fingerprint density at radius 2 is 2.00 bits per heavy atom. The number of benzene rings is 1. The summed E-state index contributed by atoms with van der Waals surface area (Å²) in [6.07, 6.45) is 0. The molecular formula is C17H23BrIN5OS. The second-order valence-corrected chi connectivity index (χ2v) is 7.15. The molecule has 0 fully saturated rings. The highest BCUT2D eigenvalue weighted by atomic mass is 127. The topological polar surface area (TPSA) is 69.6 Å². The summed E-state index contributed by atoms with van der Waals surface area (Å²) in [7, 11) is 3.73. The number of carbonyl (C=O) groups excluding carboxylic acids is 1. The first-order chi connectivity index (χ1) is 12.0. The van der Waals surface area contributed by atoms with Gasteiger partial charge in [0.05, 0.1) is 11.2 Å². The van der Waals surface area contributed by atoms with Crippen molar-refractivity contribution in [2.75, 3.05) is 27.2 Å². The third-order valence-corrected chi connectivity index (χ3v) is 5.29. The van der Waals surface area contributed by atoms with Gasteiger partial charge < -0.3 is 15.5 Å². The molecule has 0 unspecified atom stereocenters. The third-order valence-electron chi connectivity index (χ3n) is 3.58. The Bertz CT molecular complexity index is 752. The number of aryl methyl sites for hydroxylation is 1. The van der Waals surface area contributed by atoms with Crippen LogP contribution in [0.15, 0.2) is 39.2 Å². The molecule has 0 aliphatic heterocycles. The lowest BCUT2D eigenvalue weighted by atomic mass is 10.2. The van der Waals surface area contributed by atoms with Gasteiger partial charge in [0.25, 0.3) is 5.91 Å².